The number of halogens is 1. The van der Waals surface area contributed by atoms with E-state index in [1.165, 1.54) is 6.42 Å². The Morgan fingerprint density at radius 1 is 1.00 bits per heavy atom. The second-order valence-electron chi connectivity index (χ2n) is 6.81. The number of nitrogens with zero attached hydrogens (tertiary/aromatic N) is 1. The Kier molecular flexibility index (Phi) is 5.44. The first-order valence-corrected chi connectivity index (χ1v) is 9.21. The van der Waals surface area contributed by atoms with E-state index in [0.717, 1.165) is 57.2 Å². The molecule has 1 aliphatic heterocycles. The third-order valence-corrected chi connectivity index (χ3v) is 5.53. The quantitative estimate of drug-likeness (QED) is 0.778. The number of carbonyl (C=O) groups excluding carboxylic acids is 2. The molecular weight excluding hydrogens is 326 g/mol. The number of piperidine rings is 1. The topological polar surface area (TPSA) is 46.6 Å². The summed E-state index contributed by atoms with van der Waals surface area (Å²) in [6.45, 7) is 1.41. The molecule has 0 unspecified atom stereocenters. The molecule has 5 heteroatoms. The van der Waals surface area contributed by atoms with Crippen LogP contribution in [0.4, 0.5) is 0 Å². The van der Waals surface area contributed by atoms with Crippen LogP contribution in [0.15, 0.2) is 24.3 Å². The second kappa shape index (κ2) is 7.56. The fraction of sp³-hybridized carbons (Fsp3) is 0.579. The standard InChI is InChI=1S/C19H24ClNO3/c20-16-8-6-15(7-9-16)19(10-2-3-11-19)18(23)24-14-17(22)21-12-4-1-5-13-21/h6-9H,1-5,10-14H2. The van der Waals surface area contributed by atoms with E-state index in [-0.39, 0.29) is 18.5 Å². The normalized spacial score (nSPS) is 20.0. The molecule has 1 aromatic rings. The van der Waals surface area contributed by atoms with Crippen LogP contribution in [-0.2, 0) is 19.7 Å². The van der Waals surface area contributed by atoms with Crippen LogP contribution in [0, 0.1) is 0 Å². The summed E-state index contributed by atoms with van der Waals surface area (Å²) in [5.41, 5.74) is 0.326. The lowest BCUT2D eigenvalue weighted by Gasteiger charge is -2.29. The molecule has 2 aliphatic rings. The van der Waals surface area contributed by atoms with Crippen LogP contribution in [0.3, 0.4) is 0 Å². The van der Waals surface area contributed by atoms with Crippen molar-refractivity contribution < 1.29 is 14.3 Å². The molecule has 0 N–H and O–H groups in total. The van der Waals surface area contributed by atoms with Crippen molar-refractivity contribution in [3.8, 4) is 0 Å². The molecule has 0 bridgehead atoms. The van der Waals surface area contributed by atoms with Gasteiger partial charge in [-0.1, -0.05) is 36.6 Å². The third kappa shape index (κ3) is 3.59. The van der Waals surface area contributed by atoms with Gasteiger partial charge >= 0.3 is 5.97 Å². The molecule has 2 fully saturated rings. The number of esters is 1. The summed E-state index contributed by atoms with van der Waals surface area (Å²) < 4.78 is 5.47. The number of benzene rings is 1. The minimum absolute atomic E-state index is 0.0766. The summed E-state index contributed by atoms with van der Waals surface area (Å²) in [5.74, 6) is -0.347. The number of hydrogen-bond acceptors (Lipinski definition) is 3. The van der Waals surface area contributed by atoms with Gasteiger partial charge in [-0.15, -0.1) is 0 Å². The lowest BCUT2D eigenvalue weighted by Crippen LogP contribution is -2.41. The molecule has 130 valence electrons. The maximum Gasteiger partial charge on any atom is 0.317 e. The highest BCUT2D eigenvalue weighted by Crippen LogP contribution is 2.42. The highest BCUT2D eigenvalue weighted by molar-refractivity contribution is 6.30. The summed E-state index contributed by atoms with van der Waals surface area (Å²) in [7, 11) is 0. The minimum Gasteiger partial charge on any atom is -0.455 e. The summed E-state index contributed by atoms with van der Waals surface area (Å²) >= 11 is 5.97. The van der Waals surface area contributed by atoms with Crippen LogP contribution in [0.2, 0.25) is 5.02 Å². The smallest absolute Gasteiger partial charge is 0.317 e. The Labute approximate surface area is 148 Å². The average Bonchev–Trinajstić information content (AvgIpc) is 3.12. The van der Waals surface area contributed by atoms with E-state index in [4.69, 9.17) is 16.3 Å². The molecule has 0 atom stereocenters. The molecular formula is C19H24ClNO3. The summed E-state index contributed by atoms with van der Waals surface area (Å²) in [6, 6.07) is 7.43. The van der Waals surface area contributed by atoms with Crippen molar-refractivity contribution in [1.29, 1.82) is 0 Å². The molecule has 1 aliphatic carbocycles. The highest BCUT2D eigenvalue weighted by Gasteiger charge is 2.44. The van der Waals surface area contributed by atoms with Crippen molar-refractivity contribution >= 4 is 23.5 Å². The van der Waals surface area contributed by atoms with Gasteiger partial charge in [0.25, 0.3) is 5.91 Å². The highest BCUT2D eigenvalue weighted by atomic mass is 35.5. The van der Waals surface area contributed by atoms with Crippen molar-refractivity contribution in [1.82, 2.24) is 4.90 Å². The van der Waals surface area contributed by atoms with Gasteiger partial charge in [0.1, 0.15) is 0 Å². The summed E-state index contributed by atoms with van der Waals surface area (Å²) in [5, 5.41) is 0.653. The molecule has 0 aromatic heterocycles. The van der Waals surface area contributed by atoms with Gasteiger partial charge in [-0.3, -0.25) is 9.59 Å². The molecule has 1 heterocycles. The molecule has 3 rings (SSSR count). The van der Waals surface area contributed by atoms with Crippen LogP contribution in [-0.4, -0.2) is 36.5 Å². The maximum atomic E-state index is 12.8. The first-order valence-electron chi connectivity index (χ1n) is 8.83. The Balaban J connectivity index is 1.66. The zero-order valence-electron chi connectivity index (χ0n) is 13.9. The van der Waals surface area contributed by atoms with Gasteiger partial charge in [-0.2, -0.15) is 0 Å². The lowest BCUT2D eigenvalue weighted by molar-refractivity contribution is -0.157. The number of carbonyl (C=O) groups is 2. The van der Waals surface area contributed by atoms with E-state index in [2.05, 4.69) is 0 Å². The summed E-state index contributed by atoms with van der Waals surface area (Å²) in [4.78, 5) is 26.9. The first-order chi connectivity index (χ1) is 11.6. The molecule has 1 aromatic carbocycles. The van der Waals surface area contributed by atoms with E-state index < -0.39 is 5.41 Å². The van der Waals surface area contributed by atoms with E-state index in [1.807, 2.05) is 24.3 Å². The molecule has 1 saturated heterocycles. The van der Waals surface area contributed by atoms with E-state index in [9.17, 15) is 9.59 Å². The number of rotatable bonds is 4. The average molecular weight is 350 g/mol. The van der Waals surface area contributed by atoms with E-state index >= 15 is 0 Å². The van der Waals surface area contributed by atoms with Gasteiger partial charge in [0, 0.05) is 18.1 Å². The maximum absolute atomic E-state index is 12.8. The second-order valence-corrected chi connectivity index (χ2v) is 7.25. The predicted octanol–water partition coefficient (Wildman–Crippen LogP) is 3.71. The zero-order valence-corrected chi connectivity index (χ0v) is 14.7. The van der Waals surface area contributed by atoms with E-state index in [1.54, 1.807) is 4.90 Å². The van der Waals surface area contributed by atoms with Crippen LogP contribution < -0.4 is 0 Å². The van der Waals surface area contributed by atoms with Gasteiger partial charge in [-0.05, 0) is 49.8 Å². The van der Waals surface area contributed by atoms with Gasteiger partial charge in [0.05, 0.1) is 5.41 Å². The van der Waals surface area contributed by atoms with Gasteiger partial charge in [0.15, 0.2) is 6.61 Å². The molecule has 0 spiro atoms. The largest absolute Gasteiger partial charge is 0.455 e. The van der Waals surface area contributed by atoms with E-state index in [0.29, 0.717) is 5.02 Å². The van der Waals surface area contributed by atoms with Gasteiger partial charge in [-0.25, -0.2) is 0 Å². The van der Waals surface area contributed by atoms with Gasteiger partial charge in [0.2, 0.25) is 0 Å². The molecule has 24 heavy (non-hydrogen) atoms. The van der Waals surface area contributed by atoms with Crippen LogP contribution in [0.1, 0.15) is 50.5 Å². The third-order valence-electron chi connectivity index (χ3n) is 5.28. The Hall–Kier alpha value is -1.55. The molecule has 1 saturated carbocycles. The number of likely N-dealkylation sites (tertiary alicyclic amines) is 1. The Bertz CT molecular complexity index is 587. The fourth-order valence-corrected chi connectivity index (χ4v) is 3.98. The van der Waals surface area contributed by atoms with Gasteiger partial charge < -0.3 is 9.64 Å². The van der Waals surface area contributed by atoms with Crippen LogP contribution >= 0.6 is 11.6 Å². The van der Waals surface area contributed by atoms with Crippen molar-refractivity contribution in [2.24, 2.45) is 0 Å². The Morgan fingerprint density at radius 2 is 1.62 bits per heavy atom. The SMILES string of the molecule is O=C(COC(=O)C1(c2ccc(Cl)cc2)CCCC1)N1CCCCC1. The monoisotopic (exact) mass is 349 g/mol. The van der Waals surface area contributed by atoms with Crippen LogP contribution in [0.5, 0.6) is 0 Å². The fourth-order valence-electron chi connectivity index (χ4n) is 3.86. The predicted molar refractivity (Wildman–Crippen MR) is 93.0 cm³/mol. The lowest BCUT2D eigenvalue weighted by atomic mass is 9.79. The van der Waals surface area contributed by atoms with Crippen molar-refractivity contribution in [3.63, 3.8) is 0 Å². The number of ether oxygens (including phenoxy) is 1. The molecule has 4 nitrogen and oxygen atoms in total. The van der Waals surface area contributed by atoms with Crippen molar-refractivity contribution in [2.75, 3.05) is 19.7 Å². The molecule has 0 radical (unpaired) electrons. The zero-order chi connectivity index (χ0) is 17.0. The first kappa shape index (κ1) is 17.3. The molecule has 1 amide bonds. The van der Waals surface area contributed by atoms with Crippen molar-refractivity contribution in [3.05, 3.63) is 34.9 Å². The number of amides is 1. The number of hydrogen-bond donors (Lipinski definition) is 0. The summed E-state index contributed by atoms with van der Waals surface area (Å²) in [6.07, 6.45) is 6.78. The van der Waals surface area contributed by atoms with Crippen LogP contribution in [0.25, 0.3) is 0 Å². The minimum atomic E-state index is -0.618. The van der Waals surface area contributed by atoms with Crippen molar-refractivity contribution in [2.45, 2.75) is 50.4 Å². The Morgan fingerprint density at radius 3 is 2.25 bits per heavy atom.